The molecule has 9 heavy (non-hydrogen) atoms. The van der Waals surface area contributed by atoms with E-state index in [0.717, 1.165) is 0 Å². The molecule has 1 aliphatic rings. The largest absolute Gasteiger partial charge is 0.390 e. The van der Waals surface area contributed by atoms with Gasteiger partial charge in [-0.25, -0.2) is 0 Å². The number of aliphatic hydroxyl groups is 2. The van der Waals surface area contributed by atoms with E-state index in [0.29, 0.717) is 12.8 Å². The Bertz CT molecular complexity index is 94.3. The van der Waals surface area contributed by atoms with Gasteiger partial charge < -0.3 is 14.9 Å². The molecule has 54 valence electrons. The molecule has 1 aliphatic heterocycles. The van der Waals surface area contributed by atoms with E-state index in [1.807, 2.05) is 0 Å². The van der Waals surface area contributed by atoms with Gasteiger partial charge in [0.25, 0.3) is 0 Å². The second kappa shape index (κ2) is 2.64. The first kappa shape index (κ1) is 6.99. The highest BCUT2D eigenvalue weighted by Crippen LogP contribution is 2.16. The van der Waals surface area contributed by atoms with Gasteiger partial charge in [-0.2, -0.15) is 0 Å². The van der Waals surface area contributed by atoms with Crippen molar-refractivity contribution in [2.75, 3.05) is 0 Å². The molecule has 1 rings (SSSR count). The van der Waals surface area contributed by atoms with Gasteiger partial charge in [0.15, 0.2) is 6.29 Å². The fourth-order valence-electron chi connectivity index (χ4n) is 0.955. The van der Waals surface area contributed by atoms with Crippen molar-refractivity contribution in [3.8, 4) is 0 Å². The fourth-order valence-corrected chi connectivity index (χ4v) is 0.955. The Hall–Kier alpha value is -0.120. The van der Waals surface area contributed by atoms with Crippen LogP contribution in [0.4, 0.5) is 0 Å². The van der Waals surface area contributed by atoms with Gasteiger partial charge in [0.1, 0.15) is 0 Å². The van der Waals surface area contributed by atoms with Crippen LogP contribution in [-0.2, 0) is 4.74 Å². The van der Waals surface area contributed by atoms with Crippen molar-refractivity contribution in [1.29, 1.82) is 0 Å². The van der Waals surface area contributed by atoms with E-state index in [1.54, 1.807) is 6.92 Å². The molecule has 0 aromatic heterocycles. The highest BCUT2D eigenvalue weighted by Gasteiger charge is 2.24. The van der Waals surface area contributed by atoms with Crippen LogP contribution in [0.15, 0.2) is 0 Å². The summed E-state index contributed by atoms with van der Waals surface area (Å²) in [6.07, 6.45) is -0.0843. The van der Waals surface area contributed by atoms with Crippen LogP contribution in [0, 0.1) is 0 Å². The van der Waals surface area contributed by atoms with Crippen LogP contribution in [0.1, 0.15) is 19.8 Å². The molecule has 0 aromatic carbocycles. The van der Waals surface area contributed by atoms with Crippen LogP contribution in [0.2, 0.25) is 0 Å². The molecule has 1 heterocycles. The maximum Gasteiger partial charge on any atom is 0.155 e. The van der Waals surface area contributed by atoms with Crippen molar-refractivity contribution in [2.24, 2.45) is 0 Å². The summed E-state index contributed by atoms with van der Waals surface area (Å²) in [6, 6.07) is 0. The number of hydrogen-bond acceptors (Lipinski definition) is 3. The second-order valence-electron chi connectivity index (χ2n) is 2.44. The maximum atomic E-state index is 9.06. The van der Waals surface area contributed by atoms with Crippen molar-refractivity contribution >= 4 is 0 Å². The van der Waals surface area contributed by atoms with Crippen LogP contribution >= 0.6 is 0 Å². The van der Waals surface area contributed by atoms with Crippen molar-refractivity contribution in [3.05, 3.63) is 0 Å². The quantitative estimate of drug-likeness (QED) is 0.482. The minimum absolute atomic E-state index is 0.214. The summed E-state index contributed by atoms with van der Waals surface area (Å²) in [6.45, 7) is 1.76. The minimum atomic E-state index is -0.664. The highest BCUT2D eigenvalue weighted by molar-refractivity contribution is 4.69. The Morgan fingerprint density at radius 1 is 1.33 bits per heavy atom. The summed E-state index contributed by atoms with van der Waals surface area (Å²) < 4.78 is 4.90. The predicted molar refractivity (Wildman–Crippen MR) is 31.8 cm³/mol. The second-order valence-corrected chi connectivity index (χ2v) is 2.44. The first-order valence-corrected chi connectivity index (χ1v) is 3.21. The smallest absolute Gasteiger partial charge is 0.155 e. The molecule has 1 saturated heterocycles. The summed E-state index contributed by atoms with van der Waals surface area (Å²) in [7, 11) is 0. The number of aliphatic hydroxyl groups excluding tert-OH is 2. The monoisotopic (exact) mass is 132 g/mol. The van der Waals surface area contributed by atoms with Gasteiger partial charge in [-0.1, -0.05) is 0 Å². The predicted octanol–water partition coefficient (Wildman–Crippen LogP) is -0.135. The minimum Gasteiger partial charge on any atom is -0.390 e. The van der Waals surface area contributed by atoms with Crippen molar-refractivity contribution in [2.45, 2.75) is 38.3 Å². The molecule has 0 aliphatic carbocycles. The zero-order chi connectivity index (χ0) is 6.85. The zero-order valence-corrected chi connectivity index (χ0v) is 5.45. The molecular formula is C6H12O3. The van der Waals surface area contributed by atoms with E-state index in [-0.39, 0.29) is 6.10 Å². The van der Waals surface area contributed by atoms with E-state index in [9.17, 15) is 0 Å². The van der Waals surface area contributed by atoms with Gasteiger partial charge >= 0.3 is 0 Å². The standard InChI is InChI=1S/C6H12O3/c1-4-5(7)2-3-6(8)9-4/h4-8H,2-3H2,1H3/t4-,5-,6?/m0/s1. The Labute approximate surface area is 54.3 Å². The van der Waals surface area contributed by atoms with E-state index in [4.69, 9.17) is 14.9 Å². The van der Waals surface area contributed by atoms with Gasteiger partial charge in [-0.3, -0.25) is 0 Å². The lowest BCUT2D eigenvalue weighted by Gasteiger charge is -2.28. The van der Waals surface area contributed by atoms with Crippen LogP contribution in [0.3, 0.4) is 0 Å². The van der Waals surface area contributed by atoms with Gasteiger partial charge in [0.05, 0.1) is 12.2 Å². The molecule has 0 bridgehead atoms. The van der Waals surface area contributed by atoms with E-state index >= 15 is 0 Å². The Balaban J connectivity index is 2.35. The third kappa shape index (κ3) is 1.64. The van der Waals surface area contributed by atoms with Crippen molar-refractivity contribution in [3.63, 3.8) is 0 Å². The number of ether oxygens (including phenoxy) is 1. The molecular weight excluding hydrogens is 120 g/mol. The molecule has 0 amide bonds. The summed E-state index contributed by atoms with van der Waals surface area (Å²) in [5.41, 5.74) is 0. The molecule has 0 radical (unpaired) electrons. The lowest BCUT2D eigenvalue weighted by Crippen LogP contribution is -2.36. The maximum absolute atomic E-state index is 9.06. The molecule has 0 saturated carbocycles. The normalized spacial score (nSPS) is 45.0. The van der Waals surface area contributed by atoms with Gasteiger partial charge in [0, 0.05) is 6.42 Å². The summed E-state index contributed by atoms with van der Waals surface area (Å²) >= 11 is 0. The highest BCUT2D eigenvalue weighted by atomic mass is 16.6. The molecule has 3 heteroatoms. The lowest BCUT2D eigenvalue weighted by molar-refractivity contribution is -0.192. The zero-order valence-electron chi connectivity index (χ0n) is 5.45. The fraction of sp³-hybridized carbons (Fsp3) is 1.00. The van der Waals surface area contributed by atoms with Gasteiger partial charge in [-0.15, -0.1) is 0 Å². The average molecular weight is 132 g/mol. The third-order valence-electron chi connectivity index (χ3n) is 1.62. The Morgan fingerprint density at radius 2 is 2.00 bits per heavy atom. The molecule has 0 spiro atoms. The Kier molecular flexibility index (Phi) is 2.05. The van der Waals surface area contributed by atoms with E-state index in [1.165, 1.54) is 0 Å². The molecule has 1 fully saturated rings. The first-order valence-electron chi connectivity index (χ1n) is 3.21. The molecule has 2 N–H and O–H groups in total. The van der Waals surface area contributed by atoms with Crippen LogP contribution in [-0.4, -0.2) is 28.7 Å². The van der Waals surface area contributed by atoms with Crippen molar-refractivity contribution < 1.29 is 14.9 Å². The van der Waals surface area contributed by atoms with Gasteiger partial charge in [0.2, 0.25) is 0 Å². The Morgan fingerprint density at radius 3 is 2.44 bits per heavy atom. The topological polar surface area (TPSA) is 49.7 Å². The summed E-state index contributed by atoms with van der Waals surface area (Å²) in [5, 5.41) is 17.9. The van der Waals surface area contributed by atoms with Crippen LogP contribution < -0.4 is 0 Å². The lowest BCUT2D eigenvalue weighted by atomic mass is 10.1. The van der Waals surface area contributed by atoms with Crippen LogP contribution in [0.5, 0.6) is 0 Å². The number of hydrogen-bond donors (Lipinski definition) is 2. The average Bonchev–Trinajstić information content (AvgIpc) is 1.80. The molecule has 3 atom stereocenters. The summed E-state index contributed by atoms with van der Waals surface area (Å²) in [5.74, 6) is 0. The molecule has 3 nitrogen and oxygen atoms in total. The van der Waals surface area contributed by atoms with Gasteiger partial charge in [-0.05, 0) is 13.3 Å². The van der Waals surface area contributed by atoms with E-state index in [2.05, 4.69) is 0 Å². The first-order chi connectivity index (χ1) is 4.20. The third-order valence-corrected chi connectivity index (χ3v) is 1.62. The SMILES string of the molecule is C[C@@H]1OC(O)CC[C@@H]1O. The van der Waals surface area contributed by atoms with Crippen LogP contribution in [0.25, 0.3) is 0 Å². The molecule has 0 aromatic rings. The van der Waals surface area contributed by atoms with E-state index < -0.39 is 12.4 Å². The van der Waals surface area contributed by atoms with Crippen molar-refractivity contribution in [1.82, 2.24) is 0 Å². The number of rotatable bonds is 0. The molecule has 1 unspecified atom stereocenters. The summed E-state index contributed by atoms with van der Waals surface area (Å²) in [4.78, 5) is 0.